The normalized spacial score (nSPS) is 20.2. The van der Waals surface area contributed by atoms with E-state index < -0.39 is 11.7 Å². The molecule has 1 aliphatic carbocycles. The zero-order valence-corrected chi connectivity index (χ0v) is 13.4. The number of anilines is 1. The topological polar surface area (TPSA) is 77.5 Å². The number of hydrogen-bond donors (Lipinski definition) is 1. The van der Waals surface area contributed by atoms with E-state index in [1.54, 1.807) is 40.0 Å². The van der Waals surface area contributed by atoms with Gasteiger partial charge in [0.1, 0.15) is 11.4 Å². The molecule has 0 saturated heterocycles. The van der Waals surface area contributed by atoms with E-state index >= 15 is 0 Å². The lowest BCUT2D eigenvalue weighted by atomic mass is 10.1. The van der Waals surface area contributed by atoms with Crippen molar-refractivity contribution in [3.8, 4) is 0 Å². The van der Waals surface area contributed by atoms with Crippen molar-refractivity contribution in [2.45, 2.75) is 45.6 Å². The number of ether oxygens (including phenoxy) is 2. The van der Waals surface area contributed by atoms with Gasteiger partial charge in [-0.05, 0) is 51.7 Å². The van der Waals surface area contributed by atoms with Crippen LogP contribution in [0.25, 0.3) is 0 Å². The summed E-state index contributed by atoms with van der Waals surface area (Å²) in [6, 6.07) is 3.57. The lowest BCUT2D eigenvalue weighted by Gasteiger charge is -2.19. The number of amides is 1. The van der Waals surface area contributed by atoms with Crippen LogP contribution in [0.1, 0.15) is 45.6 Å². The third kappa shape index (κ3) is 4.44. The van der Waals surface area contributed by atoms with Crippen LogP contribution in [0.4, 0.5) is 10.6 Å². The minimum atomic E-state index is -0.551. The largest absolute Gasteiger partial charge is 0.466 e. The van der Waals surface area contributed by atoms with Crippen molar-refractivity contribution in [2.24, 2.45) is 5.92 Å². The van der Waals surface area contributed by atoms with Gasteiger partial charge in [0, 0.05) is 6.20 Å². The fourth-order valence-electron chi connectivity index (χ4n) is 2.18. The number of hydrogen-bond acceptors (Lipinski definition) is 5. The minimum absolute atomic E-state index is 0.0635. The molecule has 1 fully saturated rings. The van der Waals surface area contributed by atoms with Crippen LogP contribution in [0.15, 0.2) is 18.3 Å². The molecule has 1 aromatic heterocycles. The molecule has 0 aliphatic heterocycles. The van der Waals surface area contributed by atoms with Crippen LogP contribution in [0.5, 0.6) is 0 Å². The summed E-state index contributed by atoms with van der Waals surface area (Å²) in [5.41, 5.74) is 0.429. The summed E-state index contributed by atoms with van der Waals surface area (Å²) in [7, 11) is 0. The monoisotopic (exact) mass is 306 g/mol. The molecular weight excluding hydrogens is 284 g/mol. The molecule has 2 rings (SSSR count). The number of aromatic nitrogens is 1. The molecule has 22 heavy (non-hydrogen) atoms. The van der Waals surface area contributed by atoms with E-state index in [9.17, 15) is 9.59 Å². The van der Waals surface area contributed by atoms with Crippen LogP contribution < -0.4 is 5.32 Å². The number of pyridine rings is 1. The van der Waals surface area contributed by atoms with Crippen LogP contribution in [0.3, 0.4) is 0 Å². The highest BCUT2D eigenvalue weighted by atomic mass is 16.6. The molecule has 1 N–H and O–H groups in total. The molecule has 0 radical (unpaired) electrons. The Bertz CT molecular complexity index is 548. The number of esters is 1. The first-order valence-corrected chi connectivity index (χ1v) is 7.42. The summed E-state index contributed by atoms with van der Waals surface area (Å²) in [5, 5.41) is 2.58. The molecule has 1 saturated carbocycles. The van der Waals surface area contributed by atoms with Gasteiger partial charge in [0.2, 0.25) is 0 Å². The highest BCUT2D eigenvalue weighted by Crippen LogP contribution is 2.48. The van der Waals surface area contributed by atoms with E-state index in [4.69, 9.17) is 9.47 Å². The van der Waals surface area contributed by atoms with E-state index in [0.29, 0.717) is 12.4 Å². The summed E-state index contributed by atoms with van der Waals surface area (Å²) < 4.78 is 10.2. The van der Waals surface area contributed by atoms with Crippen LogP contribution in [-0.2, 0) is 14.3 Å². The van der Waals surface area contributed by atoms with E-state index in [1.165, 1.54) is 0 Å². The van der Waals surface area contributed by atoms with Crippen LogP contribution in [-0.4, -0.2) is 29.3 Å². The summed E-state index contributed by atoms with van der Waals surface area (Å²) in [6.07, 6.45) is 1.93. The smallest absolute Gasteiger partial charge is 0.413 e. The van der Waals surface area contributed by atoms with Crippen LogP contribution in [0.2, 0.25) is 0 Å². The minimum Gasteiger partial charge on any atom is -0.466 e. The summed E-state index contributed by atoms with van der Waals surface area (Å²) in [5.74, 6) is 0.378. The first kappa shape index (κ1) is 16.3. The molecule has 2 atom stereocenters. The lowest BCUT2D eigenvalue weighted by molar-refractivity contribution is -0.144. The van der Waals surface area contributed by atoms with Crippen molar-refractivity contribution in [3.63, 3.8) is 0 Å². The Morgan fingerprint density at radius 1 is 1.36 bits per heavy atom. The van der Waals surface area contributed by atoms with Crippen LogP contribution >= 0.6 is 0 Å². The molecule has 0 aromatic carbocycles. The average Bonchev–Trinajstić information content (AvgIpc) is 3.18. The molecule has 1 aliphatic rings. The summed E-state index contributed by atoms with van der Waals surface area (Å²) in [4.78, 5) is 27.4. The number of carbonyl (C=O) groups is 2. The fraction of sp³-hybridized carbons (Fsp3) is 0.562. The van der Waals surface area contributed by atoms with Crippen molar-refractivity contribution in [3.05, 3.63) is 23.9 Å². The first-order chi connectivity index (χ1) is 10.3. The molecule has 1 amide bonds. The second-order valence-electron chi connectivity index (χ2n) is 6.30. The van der Waals surface area contributed by atoms with Crippen molar-refractivity contribution in [1.29, 1.82) is 0 Å². The molecule has 0 spiro atoms. The fourth-order valence-corrected chi connectivity index (χ4v) is 2.18. The highest BCUT2D eigenvalue weighted by Gasteiger charge is 2.45. The predicted octanol–water partition coefficient (Wildman–Crippen LogP) is 3.10. The van der Waals surface area contributed by atoms with Gasteiger partial charge >= 0.3 is 12.1 Å². The number of carbonyl (C=O) groups excluding carboxylic acids is 2. The SMILES string of the molecule is CCOC(=O)C1CC1c1ccc(NC(=O)OC(C)(C)C)nc1. The van der Waals surface area contributed by atoms with E-state index in [1.807, 2.05) is 6.07 Å². The Morgan fingerprint density at radius 3 is 2.64 bits per heavy atom. The third-order valence-electron chi connectivity index (χ3n) is 3.22. The van der Waals surface area contributed by atoms with Gasteiger partial charge in [0.25, 0.3) is 0 Å². The van der Waals surface area contributed by atoms with E-state index in [2.05, 4.69) is 10.3 Å². The highest BCUT2D eigenvalue weighted by molar-refractivity contribution is 5.83. The van der Waals surface area contributed by atoms with Crippen molar-refractivity contribution in [2.75, 3.05) is 11.9 Å². The Kier molecular flexibility index (Phi) is 4.68. The lowest BCUT2D eigenvalue weighted by Crippen LogP contribution is -2.27. The summed E-state index contributed by atoms with van der Waals surface area (Å²) >= 11 is 0. The quantitative estimate of drug-likeness (QED) is 0.865. The zero-order valence-electron chi connectivity index (χ0n) is 13.4. The molecule has 1 aromatic rings. The molecule has 0 bridgehead atoms. The van der Waals surface area contributed by atoms with Gasteiger partial charge in [-0.2, -0.15) is 0 Å². The average molecular weight is 306 g/mol. The second-order valence-corrected chi connectivity index (χ2v) is 6.30. The number of rotatable bonds is 4. The Morgan fingerprint density at radius 2 is 2.09 bits per heavy atom. The number of nitrogens with one attached hydrogen (secondary N) is 1. The standard InChI is InChI=1S/C16H22N2O4/c1-5-21-14(19)12-8-11(12)10-6-7-13(17-9-10)18-15(20)22-16(2,3)4/h6-7,9,11-12H,5,8H2,1-4H3,(H,17,18,20). The van der Waals surface area contributed by atoms with Gasteiger partial charge in [-0.1, -0.05) is 6.07 Å². The molecule has 6 heteroatoms. The maximum Gasteiger partial charge on any atom is 0.413 e. The Labute approximate surface area is 130 Å². The predicted molar refractivity (Wildman–Crippen MR) is 81.6 cm³/mol. The van der Waals surface area contributed by atoms with Gasteiger partial charge in [-0.3, -0.25) is 10.1 Å². The van der Waals surface area contributed by atoms with Crippen molar-refractivity contribution < 1.29 is 19.1 Å². The van der Waals surface area contributed by atoms with Gasteiger partial charge in [0.15, 0.2) is 0 Å². The first-order valence-electron chi connectivity index (χ1n) is 7.42. The van der Waals surface area contributed by atoms with Gasteiger partial charge in [0.05, 0.1) is 12.5 Å². The maximum atomic E-state index is 11.6. The maximum absolute atomic E-state index is 11.6. The van der Waals surface area contributed by atoms with Crippen molar-refractivity contribution >= 4 is 17.9 Å². The van der Waals surface area contributed by atoms with Crippen LogP contribution in [0, 0.1) is 5.92 Å². The van der Waals surface area contributed by atoms with Gasteiger partial charge in [-0.25, -0.2) is 9.78 Å². The second kappa shape index (κ2) is 6.34. The number of nitrogens with zero attached hydrogens (tertiary/aromatic N) is 1. The molecule has 1 heterocycles. The zero-order chi connectivity index (χ0) is 16.3. The van der Waals surface area contributed by atoms with E-state index in [0.717, 1.165) is 12.0 Å². The Hall–Kier alpha value is -2.11. The van der Waals surface area contributed by atoms with Gasteiger partial charge in [-0.15, -0.1) is 0 Å². The van der Waals surface area contributed by atoms with Gasteiger partial charge < -0.3 is 9.47 Å². The Balaban J connectivity index is 1.89. The molecular formula is C16H22N2O4. The summed E-state index contributed by atoms with van der Waals surface area (Å²) in [6.45, 7) is 7.59. The molecule has 2 unspecified atom stereocenters. The van der Waals surface area contributed by atoms with Crippen molar-refractivity contribution in [1.82, 2.24) is 4.98 Å². The van der Waals surface area contributed by atoms with E-state index in [-0.39, 0.29) is 17.8 Å². The molecule has 6 nitrogen and oxygen atoms in total. The third-order valence-corrected chi connectivity index (χ3v) is 3.22. The molecule has 120 valence electrons.